The molecular formula is C20H24N2O4. The molecule has 0 saturated heterocycles. The molecule has 3 N–H and O–H groups in total. The van der Waals surface area contributed by atoms with Gasteiger partial charge in [-0.15, -0.1) is 0 Å². The summed E-state index contributed by atoms with van der Waals surface area (Å²) in [6.07, 6.45) is 1.90. The van der Waals surface area contributed by atoms with Crippen molar-refractivity contribution in [2.24, 2.45) is 0 Å². The molecule has 1 heterocycles. The molecule has 0 atom stereocenters. The third kappa shape index (κ3) is 4.59. The molecule has 0 unspecified atom stereocenters. The Morgan fingerprint density at radius 2 is 1.92 bits per heavy atom. The van der Waals surface area contributed by atoms with Crippen molar-refractivity contribution >= 4 is 23.3 Å². The summed E-state index contributed by atoms with van der Waals surface area (Å²) in [4.78, 5) is 38.4. The molecule has 1 aromatic carbocycles. The van der Waals surface area contributed by atoms with E-state index < -0.39 is 5.97 Å². The summed E-state index contributed by atoms with van der Waals surface area (Å²) in [6, 6.07) is 7.12. The van der Waals surface area contributed by atoms with E-state index in [1.54, 1.807) is 25.1 Å². The number of aryl methyl sites for hydroxylation is 2. The van der Waals surface area contributed by atoms with Gasteiger partial charge < -0.3 is 15.4 Å². The Kier molecular flexibility index (Phi) is 6.33. The molecule has 0 fully saturated rings. The van der Waals surface area contributed by atoms with E-state index in [1.807, 2.05) is 13.0 Å². The number of carbonyl (C=O) groups is 3. The minimum Gasteiger partial charge on any atom is -0.481 e. The number of amides is 1. The Labute approximate surface area is 152 Å². The minimum atomic E-state index is -0.859. The molecule has 0 aliphatic heterocycles. The molecule has 26 heavy (non-hydrogen) atoms. The molecule has 2 rings (SSSR count). The molecular weight excluding hydrogens is 332 g/mol. The van der Waals surface area contributed by atoms with Gasteiger partial charge in [0.15, 0.2) is 5.78 Å². The Bertz CT molecular complexity index is 836. The van der Waals surface area contributed by atoms with E-state index in [9.17, 15) is 14.4 Å². The number of aliphatic carboxylic acids is 1. The van der Waals surface area contributed by atoms with Crippen LogP contribution in [0.2, 0.25) is 0 Å². The molecule has 0 radical (unpaired) electrons. The highest BCUT2D eigenvalue weighted by molar-refractivity contribution is 6.07. The SMILES string of the molecule is CCCc1c(C(=O)Nc2cccc(CCC(=O)O)c2)[nH]c(C)c1C(C)=O. The topological polar surface area (TPSA) is 99.3 Å². The van der Waals surface area contributed by atoms with Crippen LogP contribution in [0.1, 0.15) is 64.4 Å². The number of aromatic nitrogens is 1. The van der Waals surface area contributed by atoms with Gasteiger partial charge in [-0.3, -0.25) is 14.4 Å². The van der Waals surface area contributed by atoms with Crippen LogP contribution in [0.4, 0.5) is 5.69 Å². The van der Waals surface area contributed by atoms with Gasteiger partial charge in [0.1, 0.15) is 5.69 Å². The average molecular weight is 356 g/mol. The van der Waals surface area contributed by atoms with Gasteiger partial charge in [0.05, 0.1) is 0 Å². The second kappa shape index (κ2) is 8.47. The van der Waals surface area contributed by atoms with Crippen molar-refractivity contribution in [3.05, 3.63) is 52.3 Å². The number of hydrogen-bond acceptors (Lipinski definition) is 3. The van der Waals surface area contributed by atoms with Gasteiger partial charge in [0.25, 0.3) is 5.91 Å². The van der Waals surface area contributed by atoms with Crippen LogP contribution in [0.25, 0.3) is 0 Å². The Balaban J connectivity index is 2.25. The Hall–Kier alpha value is -2.89. The highest BCUT2D eigenvalue weighted by Crippen LogP contribution is 2.23. The maximum atomic E-state index is 12.7. The quantitative estimate of drug-likeness (QED) is 0.627. The van der Waals surface area contributed by atoms with Crippen LogP contribution in [0.5, 0.6) is 0 Å². The minimum absolute atomic E-state index is 0.0375. The normalized spacial score (nSPS) is 10.6. The number of carbonyl (C=O) groups excluding carboxylic acids is 2. The van der Waals surface area contributed by atoms with E-state index in [0.29, 0.717) is 35.5 Å². The second-order valence-electron chi connectivity index (χ2n) is 6.33. The van der Waals surface area contributed by atoms with Crippen molar-refractivity contribution in [3.8, 4) is 0 Å². The van der Waals surface area contributed by atoms with Gasteiger partial charge in [0.2, 0.25) is 0 Å². The van der Waals surface area contributed by atoms with Gasteiger partial charge >= 0.3 is 5.97 Å². The van der Waals surface area contributed by atoms with E-state index >= 15 is 0 Å². The number of benzene rings is 1. The molecule has 1 amide bonds. The number of nitrogens with one attached hydrogen (secondary N) is 2. The Morgan fingerprint density at radius 1 is 1.19 bits per heavy atom. The third-order valence-corrected chi connectivity index (χ3v) is 4.18. The molecule has 1 aromatic heterocycles. The molecule has 0 aliphatic carbocycles. The van der Waals surface area contributed by atoms with Crippen LogP contribution in [-0.4, -0.2) is 27.8 Å². The van der Waals surface area contributed by atoms with Gasteiger partial charge in [0, 0.05) is 23.4 Å². The second-order valence-corrected chi connectivity index (χ2v) is 6.33. The number of carboxylic acid groups (broad SMARTS) is 1. The first-order chi connectivity index (χ1) is 12.3. The van der Waals surface area contributed by atoms with Crippen LogP contribution in [0, 0.1) is 6.92 Å². The molecule has 0 spiro atoms. The zero-order valence-electron chi connectivity index (χ0n) is 15.3. The number of Topliss-reactive ketones (excluding diaryl/α,β-unsaturated/α-hetero) is 1. The van der Waals surface area contributed by atoms with Crippen LogP contribution in [-0.2, 0) is 17.6 Å². The highest BCUT2D eigenvalue weighted by Gasteiger charge is 2.22. The van der Waals surface area contributed by atoms with Crippen LogP contribution in [0.15, 0.2) is 24.3 Å². The first-order valence-electron chi connectivity index (χ1n) is 8.68. The van der Waals surface area contributed by atoms with Gasteiger partial charge in [-0.25, -0.2) is 0 Å². The van der Waals surface area contributed by atoms with E-state index in [1.165, 1.54) is 6.92 Å². The van der Waals surface area contributed by atoms with Crippen molar-refractivity contribution in [1.29, 1.82) is 0 Å². The van der Waals surface area contributed by atoms with Crippen molar-refractivity contribution in [3.63, 3.8) is 0 Å². The number of ketones is 1. The maximum absolute atomic E-state index is 12.7. The molecule has 0 saturated carbocycles. The van der Waals surface area contributed by atoms with Crippen molar-refractivity contribution < 1.29 is 19.5 Å². The number of hydrogen-bond donors (Lipinski definition) is 3. The van der Waals surface area contributed by atoms with E-state index in [0.717, 1.165) is 17.5 Å². The lowest BCUT2D eigenvalue weighted by molar-refractivity contribution is -0.136. The molecule has 0 aliphatic rings. The standard InChI is InChI=1S/C20H24N2O4/c1-4-6-16-18(13(3)23)12(2)21-19(16)20(26)22-15-8-5-7-14(11-15)9-10-17(24)25/h5,7-8,11,21H,4,6,9-10H2,1-3H3,(H,22,26)(H,24,25). The number of carboxylic acids is 1. The van der Waals surface area contributed by atoms with Gasteiger partial charge in [-0.1, -0.05) is 25.5 Å². The van der Waals surface area contributed by atoms with Gasteiger partial charge in [-0.2, -0.15) is 0 Å². The highest BCUT2D eigenvalue weighted by atomic mass is 16.4. The van der Waals surface area contributed by atoms with Crippen molar-refractivity contribution in [2.75, 3.05) is 5.32 Å². The lowest BCUT2D eigenvalue weighted by Crippen LogP contribution is -2.15. The fourth-order valence-corrected chi connectivity index (χ4v) is 3.10. The number of rotatable bonds is 8. The fourth-order valence-electron chi connectivity index (χ4n) is 3.10. The lowest BCUT2D eigenvalue weighted by Gasteiger charge is -2.08. The van der Waals surface area contributed by atoms with E-state index in [-0.39, 0.29) is 18.1 Å². The third-order valence-electron chi connectivity index (χ3n) is 4.18. The first kappa shape index (κ1) is 19.4. The number of aromatic amines is 1. The zero-order valence-corrected chi connectivity index (χ0v) is 15.3. The molecule has 6 nitrogen and oxygen atoms in total. The molecule has 138 valence electrons. The number of H-pyrrole nitrogens is 1. The summed E-state index contributed by atoms with van der Waals surface area (Å²) >= 11 is 0. The first-order valence-corrected chi connectivity index (χ1v) is 8.68. The van der Waals surface area contributed by atoms with Crippen molar-refractivity contribution in [2.45, 2.75) is 46.5 Å². The number of anilines is 1. The lowest BCUT2D eigenvalue weighted by atomic mass is 10.0. The summed E-state index contributed by atoms with van der Waals surface area (Å²) in [7, 11) is 0. The van der Waals surface area contributed by atoms with Crippen LogP contribution in [0.3, 0.4) is 0 Å². The van der Waals surface area contributed by atoms with Crippen LogP contribution >= 0.6 is 0 Å². The monoisotopic (exact) mass is 356 g/mol. The smallest absolute Gasteiger partial charge is 0.303 e. The van der Waals surface area contributed by atoms with Gasteiger partial charge in [-0.05, 0) is 49.9 Å². The predicted octanol–water partition coefficient (Wildman–Crippen LogP) is 3.75. The summed E-state index contributed by atoms with van der Waals surface area (Å²) in [5.41, 5.74) is 3.87. The average Bonchev–Trinajstić information content (AvgIpc) is 2.90. The van der Waals surface area contributed by atoms with E-state index in [4.69, 9.17) is 5.11 Å². The summed E-state index contributed by atoms with van der Waals surface area (Å²) in [5.74, 6) is -1.22. The van der Waals surface area contributed by atoms with Crippen LogP contribution < -0.4 is 5.32 Å². The van der Waals surface area contributed by atoms with Crippen molar-refractivity contribution in [1.82, 2.24) is 4.98 Å². The maximum Gasteiger partial charge on any atom is 0.303 e. The predicted molar refractivity (Wildman–Crippen MR) is 99.9 cm³/mol. The largest absolute Gasteiger partial charge is 0.481 e. The molecule has 6 heteroatoms. The Morgan fingerprint density at radius 3 is 2.54 bits per heavy atom. The zero-order chi connectivity index (χ0) is 19.3. The summed E-state index contributed by atoms with van der Waals surface area (Å²) in [5, 5.41) is 11.6. The molecule has 2 aromatic rings. The summed E-state index contributed by atoms with van der Waals surface area (Å²) in [6.45, 7) is 5.29. The fraction of sp³-hybridized carbons (Fsp3) is 0.350. The summed E-state index contributed by atoms with van der Waals surface area (Å²) < 4.78 is 0. The van der Waals surface area contributed by atoms with E-state index in [2.05, 4.69) is 10.3 Å². The molecule has 0 bridgehead atoms.